The number of hydrogen-bond donors (Lipinski definition) is 1. The van der Waals surface area contributed by atoms with Crippen molar-refractivity contribution in [2.75, 3.05) is 0 Å². The maximum absolute atomic E-state index is 12.5. The van der Waals surface area contributed by atoms with E-state index in [0.717, 1.165) is 18.1 Å². The first kappa shape index (κ1) is 16.3. The number of benzene rings is 1. The van der Waals surface area contributed by atoms with E-state index in [-0.39, 0.29) is 18.4 Å². The Morgan fingerprint density at radius 2 is 1.88 bits per heavy atom. The van der Waals surface area contributed by atoms with E-state index >= 15 is 0 Å². The largest absolute Gasteiger partial charge is 0.416 e. The van der Waals surface area contributed by atoms with Crippen molar-refractivity contribution in [2.45, 2.75) is 38.9 Å². The van der Waals surface area contributed by atoms with Crippen molar-refractivity contribution in [3.05, 3.63) is 34.9 Å². The van der Waals surface area contributed by atoms with Gasteiger partial charge in [0.2, 0.25) is 0 Å². The molecule has 1 aromatic rings. The Morgan fingerprint density at radius 1 is 1.29 bits per heavy atom. The molecule has 1 rings (SSSR count). The zero-order valence-electron chi connectivity index (χ0n) is 9.84. The van der Waals surface area contributed by atoms with Gasteiger partial charge < -0.3 is 5.73 Å². The van der Waals surface area contributed by atoms with Crippen LogP contribution in [-0.4, -0.2) is 6.04 Å². The molecule has 1 unspecified atom stereocenters. The lowest BCUT2D eigenvalue weighted by Gasteiger charge is -2.14. The number of alkyl halides is 3. The van der Waals surface area contributed by atoms with Gasteiger partial charge in [0.1, 0.15) is 0 Å². The van der Waals surface area contributed by atoms with Crippen LogP contribution in [0.15, 0.2) is 18.2 Å². The van der Waals surface area contributed by atoms with Crippen LogP contribution in [-0.2, 0) is 12.6 Å². The normalized spacial score (nSPS) is 13.1. The maximum Gasteiger partial charge on any atom is 0.416 e. The van der Waals surface area contributed by atoms with E-state index in [1.165, 1.54) is 12.1 Å². The Morgan fingerprint density at radius 3 is 2.35 bits per heavy atom. The first-order chi connectivity index (χ1) is 7.34. The second kappa shape index (κ2) is 6.26. The molecule has 17 heavy (non-hydrogen) atoms. The van der Waals surface area contributed by atoms with Gasteiger partial charge in [0, 0.05) is 6.04 Å². The highest BCUT2D eigenvalue weighted by Crippen LogP contribution is 2.30. The molecule has 0 saturated heterocycles. The van der Waals surface area contributed by atoms with Crippen LogP contribution in [0.4, 0.5) is 13.2 Å². The van der Waals surface area contributed by atoms with E-state index in [0.29, 0.717) is 12.0 Å². The van der Waals surface area contributed by atoms with Gasteiger partial charge in [-0.25, -0.2) is 0 Å². The minimum absolute atomic E-state index is 0. The minimum Gasteiger partial charge on any atom is -0.327 e. The number of hydrogen-bond acceptors (Lipinski definition) is 1. The van der Waals surface area contributed by atoms with Crippen LogP contribution in [0.1, 0.15) is 30.0 Å². The van der Waals surface area contributed by atoms with Crippen LogP contribution in [0.25, 0.3) is 0 Å². The lowest BCUT2D eigenvalue weighted by atomic mass is 9.98. The molecule has 1 atom stereocenters. The first-order valence-corrected chi connectivity index (χ1v) is 5.27. The summed E-state index contributed by atoms with van der Waals surface area (Å²) < 4.78 is 37.5. The molecule has 1 aromatic carbocycles. The van der Waals surface area contributed by atoms with Crippen molar-refractivity contribution < 1.29 is 13.2 Å². The second-order valence-corrected chi connectivity index (χ2v) is 4.01. The topological polar surface area (TPSA) is 26.0 Å². The molecule has 0 amide bonds. The van der Waals surface area contributed by atoms with Gasteiger partial charge in [0.25, 0.3) is 0 Å². The highest BCUT2D eigenvalue weighted by molar-refractivity contribution is 5.85. The molecule has 0 aliphatic rings. The Labute approximate surface area is 106 Å². The van der Waals surface area contributed by atoms with Crippen molar-refractivity contribution in [1.29, 1.82) is 0 Å². The molecule has 0 aliphatic carbocycles. The van der Waals surface area contributed by atoms with Crippen LogP contribution >= 0.6 is 12.4 Å². The van der Waals surface area contributed by atoms with Gasteiger partial charge in [-0.1, -0.05) is 13.0 Å². The average molecular weight is 268 g/mol. The number of aryl methyl sites for hydroxylation is 1. The lowest BCUT2D eigenvalue weighted by Crippen LogP contribution is -2.22. The number of rotatable bonds is 3. The summed E-state index contributed by atoms with van der Waals surface area (Å²) in [7, 11) is 0. The van der Waals surface area contributed by atoms with Gasteiger partial charge in [0.15, 0.2) is 0 Å². The third kappa shape index (κ3) is 4.56. The molecule has 0 radical (unpaired) electrons. The summed E-state index contributed by atoms with van der Waals surface area (Å²) in [5, 5.41) is 0. The second-order valence-electron chi connectivity index (χ2n) is 4.01. The van der Waals surface area contributed by atoms with Crippen molar-refractivity contribution >= 4 is 12.4 Å². The zero-order chi connectivity index (χ0) is 12.3. The molecule has 0 heterocycles. The van der Waals surface area contributed by atoms with Gasteiger partial charge in [-0.2, -0.15) is 13.2 Å². The fraction of sp³-hybridized carbons (Fsp3) is 0.500. The van der Waals surface area contributed by atoms with E-state index in [9.17, 15) is 13.2 Å². The van der Waals surface area contributed by atoms with Crippen molar-refractivity contribution in [3.63, 3.8) is 0 Å². The smallest absolute Gasteiger partial charge is 0.327 e. The summed E-state index contributed by atoms with van der Waals surface area (Å²) in [5.74, 6) is 0. The average Bonchev–Trinajstić information content (AvgIpc) is 2.19. The van der Waals surface area contributed by atoms with E-state index < -0.39 is 11.7 Å². The van der Waals surface area contributed by atoms with Crippen molar-refractivity contribution in [3.8, 4) is 0 Å². The van der Waals surface area contributed by atoms with Crippen molar-refractivity contribution in [1.82, 2.24) is 0 Å². The predicted octanol–water partition coefficient (Wildman–Crippen LogP) is 3.72. The fourth-order valence-corrected chi connectivity index (χ4v) is 1.49. The van der Waals surface area contributed by atoms with Crippen LogP contribution in [0.3, 0.4) is 0 Å². The molecule has 2 N–H and O–H groups in total. The monoisotopic (exact) mass is 267 g/mol. The standard InChI is InChI=1S/C12H16F3N.ClH/c1-3-11(16)7-9-6-10(12(13,14)15)5-4-8(9)2;/h4-6,11H,3,7,16H2,1-2H3;1H. The third-order valence-corrected chi connectivity index (χ3v) is 2.68. The van der Waals surface area contributed by atoms with Gasteiger partial charge in [-0.3, -0.25) is 0 Å². The van der Waals surface area contributed by atoms with Crippen LogP contribution < -0.4 is 5.73 Å². The van der Waals surface area contributed by atoms with E-state index in [2.05, 4.69) is 0 Å². The lowest BCUT2D eigenvalue weighted by molar-refractivity contribution is -0.137. The van der Waals surface area contributed by atoms with Gasteiger partial charge in [-0.05, 0) is 43.0 Å². The fourth-order valence-electron chi connectivity index (χ4n) is 1.49. The molecule has 0 spiro atoms. The number of nitrogens with two attached hydrogens (primary N) is 1. The summed E-state index contributed by atoms with van der Waals surface area (Å²) in [4.78, 5) is 0. The molecule has 98 valence electrons. The maximum atomic E-state index is 12.5. The quantitative estimate of drug-likeness (QED) is 0.888. The summed E-state index contributed by atoms with van der Waals surface area (Å²) in [6.45, 7) is 3.73. The highest BCUT2D eigenvalue weighted by atomic mass is 35.5. The van der Waals surface area contributed by atoms with Crippen LogP contribution in [0, 0.1) is 6.92 Å². The van der Waals surface area contributed by atoms with Gasteiger partial charge in [-0.15, -0.1) is 12.4 Å². The summed E-state index contributed by atoms with van der Waals surface area (Å²) in [6, 6.07) is 3.73. The SMILES string of the molecule is CCC(N)Cc1cc(C(F)(F)F)ccc1C.Cl. The predicted molar refractivity (Wildman–Crippen MR) is 65.4 cm³/mol. The van der Waals surface area contributed by atoms with Gasteiger partial charge >= 0.3 is 6.18 Å². The Hall–Kier alpha value is -0.740. The zero-order valence-corrected chi connectivity index (χ0v) is 10.7. The van der Waals surface area contributed by atoms with Crippen LogP contribution in [0.2, 0.25) is 0 Å². The van der Waals surface area contributed by atoms with Gasteiger partial charge in [0.05, 0.1) is 5.56 Å². The molecule has 0 aromatic heterocycles. The number of halogens is 4. The Balaban J connectivity index is 0.00000256. The Bertz CT molecular complexity index is 363. The van der Waals surface area contributed by atoms with Crippen molar-refractivity contribution in [2.24, 2.45) is 5.73 Å². The molecular weight excluding hydrogens is 251 g/mol. The first-order valence-electron chi connectivity index (χ1n) is 5.27. The summed E-state index contributed by atoms with van der Waals surface area (Å²) in [5.41, 5.74) is 6.69. The van der Waals surface area contributed by atoms with E-state index in [1.807, 2.05) is 6.92 Å². The molecular formula is C12H17ClF3N. The molecule has 0 fully saturated rings. The van der Waals surface area contributed by atoms with E-state index in [4.69, 9.17) is 5.73 Å². The Kier molecular flexibility index (Phi) is 5.99. The molecule has 0 saturated carbocycles. The molecule has 0 bridgehead atoms. The van der Waals surface area contributed by atoms with E-state index in [1.54, 1.807) is 6.92 Å². The summed E-state index contributed by atoms with van der Waals surface area (Å²) in [6.07, 6.45) is -3.03. The molecule has 5 heteroatoms. The minimum atomic E-state index is -4.28. The van der Waals surface area contributed by atoms with Crippen LogP contribution in [0.5, 0.6) is 0 Å². The highest BCUT2D eigenvalue weighted by Gasteiger charge is 2.30. The molecule has 0 aliphatic heterocycles. The molecule has 1 nitrogen and oxygen atoms in total. The summed E-state index contributed by atoms with van der Waals surface area (Å²) >= 11 is 0. The third-order valence-electron chi connectivity index (χ3n) is 2.68.